The van der Waals surface area contributed by atoms with Crippen LogP contribution in [0.2, 0.25) is 0 Å². The molecule has 3 aromatic rings. The summed E-state index contributed by atoms with van der Waals surface area (Å²) < 4.78 is 11.0. The number of carbonyl (C=O) groups excluding carboxylic acids is 2. The Morgan fingerprint density at radius 2 is 2.00 bits per heavy atom. The third kappa shape index (κ3) is 4.07. The summed E-state index contributed by atoms with van der Waals surface area (Å²) in [4.78, 5) is 34.1. The van der Waals surface area contributed by atoms with Gasteiger partial charge in [-0.05, 0) is 38.0 Å². The highest BCUT2D eigenvalue weighted by atomic mass is 16.5. The number of rotatable bonds is 5. The van der Waals surface area contributed by atoms with Crippen molar-refractivity contribution in [2.45, 2.75) is 32.2 Å². The topological polar surface area (TPSA) is 128 Å². The molecule has 33 heavy (non-hydrogen) atoms. The van der Waals surface area contributed by atoms with Crippen molar-refractivity contribution in [2.75, 3.05) is 25.1 Å². The van der Waals surface area contributed by atoms with Gasteiger partial charge in [-0.15, -0.1) is 0 Å². The van der Waals surface area contributed by atoms with Gasteiger partial charge in [0.25, 0.3) is 11.8 Å². The van der Waals surface area contributed by atoms with Crippen LogP contribution < -0.4 is 21.1 Å². The third-order valence-corrected chi connectivity index (χ3v) is 6.09. The van der Waals surface area contributed by atoms with Gasteiger partial charge in [-0.3, -0.25) is 14.6 Å². The molecule has 0 atom stereocenters. The van der Waals surface area contributed by atoms with E-state index in [1.165, 1.54) is 6.20 Å². The molecule has 1 fully saturated rings. The minimum atomic E-state index is -0.613. The number of hydrogen-bond donors (Lipinski definition) is 3. The Balaban J connectivity index is 1.59. The number of nitrogens with zero attached hydrogens (tertiary/aromatic N) is 2. The zero-order valence-corrected chi connectivity index (χ0v) is 18.3. The number of amides is 2. The number of fused-ring (bicyclic) bond motifs is 2. The zero-order chi connectivity index (χ0) is 22.9. The quantitative estimate of drug-likeness (QED) is 0.548. The van der Waals surface area contributed by atoms with E-state index in [2.05, 4.69) is 20.6 Å². The van der Waals surface area contributed by atoms with E-state index in [0.29, 0.717) is 42.1 Å². The summed E-state index contributed by atoms with van der Waals surface area (Å²) in [5.41, 5.74) is 9.71. The minimum absolute atomic E-state index is 0.0450. The van der Waals surface area contributed by atoms with E-state index in [4.69, 9.17) is 15.2 Å². The van der Waals surface area contributed by atoms with Crippen LogP contribution in [0.1, 0.15) is 44.9 Å². The second kappa shape index (κ2) is 8.67. The summed E-state index contributed by atoms with van der Waals surface area (Å²) in [5, 5.41) is 7.02. The fraction of sp³-hybridized carbons (Fsp3) is 0.333. The van der Waals surface area contributed by atoms with Gasteiger partial charge in [0.1, 0.15) is 11.4 Å². The number of carbonyl (C=O) groups is 2. The highest BCUT2D eigenvalue weighted by molar-refractivity contribution is 6.09. The van der Waals surface area contributed by atoms with E-state index < -0.39 is 5.91 Å². The van der Waals surface area contributed by atoms with Gasteiger partial charge in [0.15, 0.2) is 0 Å². The first-order valence-corrected chi connectivity index (χ1v) is 11.0. The maximum Gasteiger partial charge on any atom is 0.270 e. The number of nitrogens with one attached hydrogen (secondary N) is 2. The molecule has 2 amide bonds. The van der Waals surface area contributed by atoms with Crippen molar-refractivity contribution in [2.24, 2.45) is 5.73 Å². The monoisotopic (exact) mass is 447 g/mol. The molecule has 5 rings (SSSR count). The molecule has 4 heterocycles. The van der Waals surface area contributed by atoms with Crippen LogP contribution >= 0.6 is 0 Å². The Bertz CT molecular complexity index is 1250. The molecule has 0 bridgehead atoms. The van der Waals surface area contributed by atoms with E-state index in [0.717, 1.165) is 36.3 Å². The van der Waals surface area contributed by atoms with Gasteiger partial charge in [-0.1, -0.05) is 6.07 Å². The second-order valence-corrected chi connectivity index (χ2v) is 8.27. The highest BCUT2D eigenvalue weighted by Crippen LogP contribution is 2.36. The number of ether oxygens (including phenoxy) is 2. The van der Waals surface area contributed by atoms with Crippen molar-refractivity contribution in [3.05, 3.63) is 53.0 Å². The van der Waals surface area contributed by atoms with Crippen LogP contribution in [0.4, 0.5) is 11.4 Å². The van der Waals surface area contributed by atoms with Crippen LogP contribution in [0.15, 0.2) is 30.5 Å². The number of hydrogen-bond acceptors (Lipinski definition) is 7. The lowest BCUT2D eigenvalue weighted by molar-refractivity contribution is 0.0694. The molecule has 0 unspecified atom stereocenters. The molecule has 9 heteroatoms. The minimum Gasteiger partial charge on any atom is -0.493 e. The third-order valence-electron chi connectivity index (χ3n) is 6.09. The van der Waals surface area contributed by atoms with Gasteiger partial charge < -0.3 is 25.8 Å². The molecule has 170 valence electrons. The number of pyridine rings is 2. The van der Waals surface area contributed by atoms with Gasteiger partial charge in [0.05, 0.1) is 29.1 Å². The summed E-state index contributed by atoms with van der Waals surface area (Å²) >= 11 is 0. The molecule has 1 aromatic carbocycles. The summed E-state index contributed by atoms with van der Waals surface area (Å²) in [6.45, 7) is 3.65. The van der Waals surface area contributed by atoms with Crippen LogP contribution in [-0.4, -0.2) is 47.6 Å². The predicted molar refractivity (Wildman–Crippen MR) is 123 cm³/mol. The first kappa shape index (κ1) is 21.1. The zero-order valence-electron chi connectivity index (χ0n) is 18.3. The van der Waals surface area contributed by atoms with Crippen molar-refractivity contribution in [3.8, 4) is 5.75 Å². The lowest BCUT2D eigenvalue weighted by atomic mass is 10.0. The molecular weight excluding hydrogens is 422 g/mol. The van der Waals surface area contributed by atoms with Gasteiger partial charge >= 0.3 is 0 Å². The van der Waals surface area contributed by atoms with Crippen LogP contribution in [0, 0.1) is 6.92 Å². The van der Waals surface area contributed by atoms with Crippen molar-refractivity contribution in [1.82, 2.24) is 15.3 Å². The summed E-state index contributed by atoms with van der Waals surface area (Å²) in [7, 11) is 0. The van der Waals surface area contributed by atoms with Crippen LogP contribution in [-0.2, 0) is 11.2 Å². The predicted octanol–water partition coefficient (Wildman–Crippen LogP) is 2.62. The summed E-state index contributed by atoms with van der Waals surface area (Å²) in [6, 6.07) is 7.44. The Morgan fingerprint density at radius 3 is 2.79 bits per heavy atom. The fourth-order valence-corrected chi connectivity index (χ4v) is 4.37. The molecule has 0 saturated carbocycles. The van der Waals surface area contributed by atoms with Crippen LogP contribution in [0.3, 0.4) is 0 Å². The Hall–Kier alpha value is -3.72. The van der Waals surface area contributed by atoms with Crippen molar-refractivity contribution in [1.29, 1.82) is 0 Å². The van der Waals surface area contributed by atoms with Crippen molar-refractivity contribution in [3.63, 3.8) is 0 Å². The molecule has 4 N–H and O–H groups in total. The molecule has 1 saturated heterocycles. The standard InChI is InChI=1S/C24H25N5O4/c1-13-21-16(11-19(27-13)24(31)28-14-5-8-32-9-6-14)22(17(12-26-21)23(25)30)29-18-3-2-4-20-15(18)7-10-33-20/h2-4,11-12,14H,5-10H2,1H3,(H2,25,30)(H,26,29)(H,28,31). The van der Waals surface area contributed by atoms with E-state index in [1.54, 1.807) is 13.0 Å². The van der Waals surface area contributed by atoms with Gasteiger partial charge in [-0.2, -0.15) is 0 Å². The Labute approximate surface area is 190 Å². The first-order chi connectivity index (χ1) is 16.0. The number of anilines is 2. The lowest BCUT2D eigenvalue weighted by Gasteiger charge is -2.23. The number of primary amides is 1. The maximum atomic E-state index is 13.0. The van der Waals surface area contributed by atoms with Gasteiger partial charge in [0.2, 0.25) is 0 Å². The summed E-state index contributed by atoms with van der Waals surface area (Å²) in [5.74, 6) is -0.0666. The molecule has 0 radical (unpaired) electrons. The molecule has 0 spiro atoms. The largest absolute Gasteiger partial charge is 0.493 e. The van der Waals surface area contributed by atoms with E-state index in [-0.39, 0.29) is 23.2 Å². The Morgan fingerprint density at radius 1 is 1.18 bits per heavy atom. The van der Waals surface area contributed by atoms with Gasteiger partial charge in [0, 0.05) is 48.5 Å². The number of benzene rings is 1. The van der Waals surface area contributed by atoms with E-state index in [9.17, 15) is 9.59 Å². The molecular formula is C24H25N5O4. The van der Waals surface area contributed by atoms with E-state index >= 15 is 0 Å². The smallest absolute Gasteiger partial charge is 0.270 e. The second-order valence-electron chi connectivity index (χ2n) is 8.27. The van der Waals surface area contributed by atoms with Crippen LogP contribution in [0.5, 0.6) is 5.75 Å². The SMILES string of the molecule is Cc1nc(C(=O)NC2CCOCC2)cc2c(Nc3cccc4c3CCO4)c(C(N)=O)cnc12. The summed E-state index contributed by atoms with van der Waals surface area (Å²) in [6.07, 6.45) is 3.73. The average molecular weight is 447 g/mol. The number of nitrogens with two attached hydrogens (primary N) is 1. The van der Waals surface area contributed by atoms with Gasteiger partial charge in [-0.25, -0.2) is 4.98 Å². The van der Waals surface area contributed by atoms with E-state index in [1.807, 2.05) is 18.2 Å². The lowest BCUT2D eigenvalue weighted by Crippen LogP contribution is -2.39. The first-order valence-electron chi connectivity index (χ1n) is 11.0. The molecule has 2 aliphatic heterocycles. The Kier molecular flexibility index (Phi) is 5.55. The highest BCUT2D eigenvalue weighted by Gasteiger charge is 2.23. The fourth-order valence-electron chi connectivity index (χ4n) is 4.37. The van der Waals surface area contributed by atoms with Crippen molar-refractivity contribution >= 4 is 34.1 Å². The maximum absolute atomic E-state index is 13.0. The van der Waals surface area contributed by atoms with Crippen molar-refractivity contribution < 1.29 is 19.1 Å². The average Bonchev–Trinajstić information content (AvgIpc) is 3.30. The number of aromatic nitrogens is 2. The number of aryl methyl sites for hydroxylation is 1. The normalized spacial score (nSPS) is 15.7. The van der Waals surface area contributed by atoms with Crippen LogP contribution in [0.25, 0.3) is 10.9 Å². The molecule has 2 aliphatic rings. The molecule has 9 nitrogen and oxygen atoms in total. The molecule has 0 aliphatic carbocycles. The molecule has 2 aromatic heterocycles.